The molecule has 2 heterocycles. The van der Waals surface area contributed by atoms with Crippen LogP contribution in [0.2, 0.25) is 0 Å². The summed E-state index contributed by atoms with van der Waals surface area (Å²) in [5.74, 6) is -4.50. The van der Waals surface area contributed by atoms with Gasteiger partial charge in [-0.3, -0.25) is 19.4 Å². The van der Waals surface area contributed by atoms with Crippen LogP contribution < -0.4 is 15.0 Å². The monoisotopic (exact) mass is 500 g/mol. The van der Waals surface area contributed by atoms with Gasteiger partial charge in [-0.25, -0.2) is 8.78 Å². The molecule has 0 spiro atoms. The Labute approximate surface area is 202 Å². The molecule has 1 aliphatic carbocycles. The van der Waals surface area contributed by atoms with Crippen molar-refractivity contribution in [1.82, 2.24) is 15.1 Å². The second kappa shape index (κ2) is 11.1. The van der Waals surface area contributed by atoms with E-state index in [1.54, 1.807) is 18.2 Å². The van der Waals surface area contributed by atoms with Crippen molar-refractivity contribution in [1.29, 1.82) is 0 Å². The number of ether oxygens (including phenoxy) is 1. The van der Waals surface area contributed by atoms with Gasteiger partial charge in [0.1, 0.15) is 5.75 Å². The smallest absolute Gasteiger partial charge is 0.340 e. The average molecular weight is 501 g/mol. The van der Waals surface area contributed by atoms with E-state index < -0.39 is 19.0 Å². The van der Waals surface area contributed by atoms with Crippen LogP contribution in [0.5, 0.6) is 5.75 Å². The highest BCUT2D eigenvalue weighted by molar-refractivity contribution is 6.03. The minimum absolute atomic E-state index is 0.0815. The maximum atomic E-state index is 13.3. The Balaban J connectivity index is 1.20. The van der Waals surface area contributed by atoms with Gasteiger partial charge in [-0.2, -0.15) is 8.78 Å². The van der Waals surface area contributed by atoms with Crippen molar-refractivity contribution in [2.24, 2.45) is 5.92 Å². The Morgan fingerprint density at radius 1 is 1.06 bits per heavy atom. The number of hydrogen-bond acceptors (Lipinski definition) is 6. The summed E-state index contributed by atoms with van der Waals surface area (Å²) < 4.78 is 56.5. The largest absolute Gasteiger partial charge is 0.485 e. The van der Waals surface area contributed by atoms with E-state index in [1.165, 1.54) is 11.0 Å². The Hall–Kier alpha value is -2.40. The highest BCUT2D eigenvalue weighted by Crippen LogP contribution is 2.31. The lowest BCUT2D eigenvalue weighted by molar-refractivity contribution is -0.148. The van der Waals surface area contributed by atoms with E-state index in [-0.39, 0.29) is 29.9 Å². The van der Waals surface area contributed by atoms with E-state index in [0.29, 0.717) is 57.4 Å². The van der Waals surface area contributed by atoms with Gasteiger partial charge < -0.3 is 15.0 Å². The fourth-order valence-electron chi connectivity index (χ4n) is 4.48. The molecule has 0 bridgehead atoms. The van der Waals surface area contributed by atoms with Crippen LogP contribution in [0.3, 0.4) is 0 Å². The third kappa shape index (κ3) is 6.63. The molecule has 11 heteroatoms. The molecule has 3 aliphatic rings. The molecule has 4 rings (SSSR count). The number of carbonyl (C=O) groups is 2. The molecule has 2 saturated heterocycles. The fraction of sp³-hybridized carbons (Fsp3) is 0.667. The van der Waals surface area contributed by atoms with Crippen LogP contribution >= 0.6 is 0 Å². The number of anilines is 1. The third-order valence-corrected chi connectivity index (χ3v) is 6.74. The summed E-state index contributed by atoms with van der Waals surface area (Å²) in [4.78, 5) is 30.4. The molecular formula is C24H32F4N4O3. The molecule has 1 atom stereocenters. The molecule has 0 aromatic heterocycles. The molecule has 194 valence electrons. The lowest BCUT2D eigenvalue weighted by Crippen LogP contribution is -2.47. The van der Waals surface area contributed by atoms with Gasteiger partial charge in [-0.15, -0.1) is 0 Å². The number of hydrogen-bond donors (Lipinski definition) is 1. The third-order valence-electron chi connectivity index (χ3n) is 6.74. The number of para-hydroxylation sites is 2. The van der Waals surface area contributed by atoms with E-state index in [0.717, 1.165) is 19.4 Å². The van der Waals surface area contributed by atoms with Gasteiger partial charge in [0.2, 0.25) is 11.8 Å². The van der Waals surface area contributed by atoms with Gasteiger partial charge in [-0.1, -0.05) is 12.1 Å². The Morgan fingerprint density at radius 2 is 1.77 bits per heavy atom. The van der Waals surface area contributed by atoms with Crippen LogP contribution in [0.4, 0.5) is 23.2 Å². The number of halogens is 4. The standard InChI is InChI=1S/C24H32F4N4O3/c25-23(26)24(27,28)16-35-20-5-2-1-4-19(20)31-12-10-30(11-13-31)8-3-9-32-21(33)14-17(22(32)34)15-29-18-6-7-18/h1-2,4-5,17-18,23,29H,3,6-16H2. The molecule has 7 nitrogen and oxygen atoms in total. The van der Waals surface area contributed by atoms with Crippen LogP contribution in [0.15, 0.2) is 24.3 Å². The molecular weight excluding hydrogens is 468 g/mol. The van der Waals surface area contributed by atoms with Crippen molar-refractivity contribution in [3.05, 3.63) is 24.3 Å². The highest BCUT2D eigenvalue weighted by atomic mass is 19.3. The summed E-state index contributed by atoms with van der Waals surface area (Å²) in [7, 11) is 0. The normalized spacial score (nSPS) is 21.9. The van der Waals surface area contributed by atoms with E-state index in [4.69, 9.17) is 4.74 Å². The zero-order valence-electron chi connectivity index (χ0n) is 19.6. The van der Waals surface area contributed by atoms with Crippen molar-refractivity contribution in [3.63, 3.8) is 0 Å². The number of piperazine rings is 1. The van der Waals surface area contributed by atoms with Crippen molar-refractivity contribution in [3.8, 4) is 5.75 Å². The molecule has 3 fully saturated rings. The lowest BCUT2D eigenvalue weighted by atomic mass is 10.1. The van der Waals surface area contributed by atoms with Gasteiger partial charge in [0.15, 0.2) is 6.61 Å². The van der Waals surface area contributed by atoms with E-state index in [2.05, 4.69) is 10.2 Å². The van der Waals surface area contributed by atoms with Gasteiger partial charge in [-0.05, 0) is 37.9 Å². The zero-order valence-corrected chi connectivity index (χ0v) is 19.6. The summed E-state index contributed by atoms with van der Waals surface area (Å²) in [6.07, 6.45) is -0.544. The number of nitrogens with one attached hydrogen (secondary N) is 1. The SMILES string of the molecule is O=C1CC(CNC2CC2)C(=O)N1CCCN1CCN(c2ccccc2OCC(F)(F)C(F)F)CC1. The van der Waals surface area contributed by atoms with Crippen molar-refractivity contribution >= 4 is 17.5 Å². The van der Waals surface area contributed by atoms with Crippen LogP contribution in [0.25, 0.3) is 0 Å². The second-order valence-corrected chi connectivity index (χ2v) is 9.47. The summed E-state index contributed by atoms with van der Waals surface area (Å²) >= 11 is 0. The van der Waals surface area contributed by atoms with Gasteiger partial charge in [0.05, 0.1) is 11.6 Å². The Bertz CT molecular complexity index is 891. The molecule has 2 aliphatic heterocycles. The van der Waals surface area contributed by atoms with E-state index in [1.807, 2.05) is 4.90 Å². The van der Waals surface area contributed by atoms with Crippen LogP contribution in [-0.2, 0) is 9.59 Å². The lowest BCUT2D eigenvalue weighted by Gasteiger charge is -2.37. The van der Waals surface area contributed by atoms with E-state index >= 15 is 0 Å². The number of carbonyl (C=O) groups excluding carboxylic acids is 2. The minimum Gasteiger partial charge on any atom is -0.485 e. The maximum Gasteiger partial charge on any atom is 0.340 e. The number of amides is 2. The summed E-state index contributed by atoms with van der Waals surface area (Å²) in [6, 6.07) is 7.09. The topological polar surface area (TPSA) is 65.1 Å². The molecule has 1 saturated carbocycles. The average Bonchev–Trinajstić information content (AvgIpc) is 3.63. The first kappa shape index (κ1) is 25.7. The van der Waals surface area contributed by atoms with Gasteiger partial charge >= 0.3 is 12.3 Å². The van der Waals surface area contributed by atoms with Gasteiger partial charge in [0.25, 0.3) is 0 Å². The number of benzene rings is 1. The van der Waals surface area contributed by atoms with Crippen LogP contribution in [0, 0.1) is 5.92 Å². The molecule has 1 unspecified atom stereocenters. The first-order valence-electron chi connectivity index (χ1n) is 12.2. The summed E-state index contributed by atoms with van der Waals surface area (Å²) in [5.41, 5.74) is 0.594. The first-order chi connectivity index (χ1) is 16.7. The quantitative estimate of drug-likeness (QED) is 0.352. The molecule has 0 radical (unpaired) electrons. The minimum atomic E-state index is -4.21. The van der Waals surface area contributed by atoms with Crippen LogP contribution in [0.1, 0.15) is 25.7 Å². The van der Waals surface area contributed by atoms with Crippen LogP contribution in [-0.4, -0.2) is 92.4 Å². The predicted molar refractivity (Wildman–Crippen MR) is 122 cm³/mol. The number of nitrogens with zero attached hydrogens (tertiary/aromatic N) is 3. The van der Waals surface area contributed by atoms with Gasteiger partial charge in [0, 0.05) is 51.7 Å². The highest BCUT2D eigenvalue weighted by Gasteiger charge is 2.42. The van der Waals surface area contributed by atoms with E-state index in [9.17, 15) is 27.2 Å². The Morgan fingerprint density at radius 3 is 2.46 bits per heavy atom. The zero-order chi connectivity index (χ0) is 25.0. The first-order valence-corrected chi connectivity index (χ1v) is 12.2. The molecule has 1 N–H and O–H groups in total. The number of likely N-dealkylation sites (tertiary alicyclic amines) is 1. The summed E-state index contributed by atoms with van der Waals surface area (Å²) in [5, 5.41) is 3.33. The van der Waals surface area contributed by atoms with Crippen molar-refractivity contribution in [2.45, 2.75) is 44.1 Å². The number of imide groups is 1. The molecule has 2 amide bonds. The molecule has 1 aromatic rings. The summed E-state index contributed by atoms with van der Waals surface area (Å²) in [6.45, 7) is 2.96. The molecule has 1 aromatic carbocycles. The second-order valence-electron chi connectivity index (χ2n) is 9.47. The number of alkyl halides is 4. The van der Waals surface area contributed by atoms with Crippen molar-refractivity contribution in [2.75, 3.05) is 57.3 Å². The fourth-order valence-corrected chi connectivity index (χ4v) is 4.48. The predicted octanol–water partition coefficient (Wildman–Crippen LogP) is 2.61. The number of rotatable bonds is 12. The molecule has 35 heavy (non-hydrogen) atoms. The maximum absolute atomic E-state index is 13.3. The Kier molecular flexibility index (Phi) is 8.16. The van der Waals surface area contributed by atoms with Crippen molar-refractivity contribution < 1.29 is 31.9 Å².